The van der Waals surface area contributed by atoms with Crippen molar-refractivity contribution in [1.29, 1.82) is 0 Å². The van der Waals surface area contributed by atoms with Crippen molar-refractivity contribution in [2.24, 2.45) is 0 Å². The highest BCUT2D eigenvalue weighted by Crippen LogP contribution is 2.28. The second-order valence-electron chi connectivity index (χ2n) is 5.15. The maximum absolute atomic E-state index is 11.0. The number of phenols is 1. The molecule has 5 heteroatoms. The van der Waals surface area contributed by atoms with E-state index in [4.69, 9.17) is 0 Å². The molecule has 4 nitrogen and oxygen atoms in total. The first kappa shape index (κ1) is 14.3. The summed E-state index contributed by atoms with van der Waals surface area (Å²) in [5, 5.41) is 13.0. The highest BCUT2D eigenvalue weighted by molar-refractivity contribution is 9.10. The number of benzene rings is 1. The standard InChI is InChI=1S/C14H19BrN2O2/c1-9-5-12(15)6-11(14(9)19)7-17-4-3-13(8-17)16-10(2)18/h5-6,13,19H,3-4,7-8H2,1-2H3,(H,16,18). The number of carbonyl (C=O) groups is 1. The highest BCUT2D eigenvalue weighted by atomic mass is 79.9. The minimum atomic E-state index is 0.0213. The van der Waals surface area contributed by atoms with Crippen LogP contribution in [0.1, 0.15) is 24.5 Å². The first-order chi connectivity index (χ1) is 8.95. The summed E-state index contributed by atoms with van der Waals surface area (Å²) >= 11 is 3.45. The van der Waals surface area contributed by atoms with E-state index < -0.39 is 0 Å². The van der Waals surface area contributed by atoms with Gasteiger partial charge in [0.05, 0.1) is 0 Å². The molecule has 0 aromatic heterocycles. The minimum absolute atomic E-state index is 0.0213. The Morgan fingerprint density at radius 3 is 3.00 bits per heavy atom. The normalized spacial score (nSPS) is 19.6. The molecule has 2 N–H and O–H groups in total. The van der Waals surface area contributed by atoms with E-state index in [1.165, 1.54) is 0 Å². The number of aryl methyl sites for hydroxylation is 1. The zero-order valence-corrected chi connectivity index (χ0v) is 12.8. The van der Waals surface area contributed by atoms with Crippen LogP contribution in [0.5, 0.6) is 5.75 Å². The van der Waals surface area contributed by atoms with Gasteiger partial charge in [-0.2, -0.15) is 0 Å². The van der Waals surface area contributed by atoms with Crippen LogP contribution in [0, 0.1) is 6.92 Å². The largest absolute Gasteiger partial charge is 0.507 e. The van der Waals surface area contributed by atoms with Gasteiger partial charge < -0.3 is 10.4 Å². The average Bonchev–Trinajstić information content (AvgIpc) is 2.71. The number of aromatic hydroxyl groups is 1. The average molecular weight is 327 g/mol. The number of halogens is 1. The number of hydrogen-bond acceptors (Lipinski definition) is 3. The highest BCUT2D eigenvalue weighted by Gasteiger charge is 2.23. The zero-order chi connectivity index (χ0) is 14.0. The summed E-state index contributed by atoms with van der Waals surface area (Å²) in [4.78, 5) is 13.3. The lowest BCUT2D eigenvalue weighted by Gasteiger charge is -2.18. The number of nitrogens with zero attached hydrogens (tertiary/aromatic N) is 1. The zero-order valence-electron chi connectivity index (χ0n) is 11.2. The number of likely N-dealkylation sites (tertiary alicyclic amines) is 1. The SMILES string of the molecule is CC(=O)NC1CCN(Cc2cc(Br)cc(C)c2O)C1. The molecule has 1 fully saturated rings. The van der Waals surface area contributed by atoms with Gasteiger partial charge in [0, 0.05) is 42.6 Å². The molecule has 0 spiro atoms. The second-order valence-corrected chi connectivity index (χ2v) is 6.07. The van der Waals surface area contributed by atoms with Crippen LogP contribution in [0.2, 0.25) is 0 Å². The van der Waals surface area contributed by atoms with E-state index in [1.807, 2.05) is 19.1 Å². The molecule has 1 aliphatic heterocycles. The number of rotatable bonds is 3. The summed E-state index contributed by atoms with van der Waals surface area (Å²) in [7, 11) is 0. The summed E-state index contributed by atoms with van der Waals surface area (Å²) < 4.78 is 0.982. The molecule has 0 radical (unpaired) electrons. The topological polar surface area (TPSA) is 52.6 Å². The number of carbonyl (C=O) groups excluding carboxylic acids is 1. The van der Waals surface area contributed by atoms with Crippen LogP contribution in [0.3, 0.4) is 0 Å². The van der Waals surface area contributed by atoms with Gasteiger partial charge in [0.2, 0.25) is 5.91 Å². The number of amides is 1. The third-order valence-electron chi connectivity index (χ3n) is 3.42. The van der Waals surface area contributed by atoms with E-state index in [1.54, 1.807) is 6.92 Å². The minimum Gasteiger partial charge on any atom is -0.507 e. The fourth-order valence-electron chi connectivity index (χ4n) is 2.55. The molecule has 104 valence electrons. The smallest absolute Gasteiger partial charge is 0.217 e. The Bertz CT molecular complexity index is 491. The van der Waals surface area contributed by atoms with Crippen LogP contribution in [0.15, 0.2) is 16.6 Å². The number of nitrogens with one attached hydrogen (secondary N) is 1. The molecule has 0 aliphatic carbocycles. The molecule has 1 atom stereocenters. The fraction of sp³-hybridized carbons (Fsp3) is 0.500. The molecule has 19 heavy (non-hydrogen) atoms. The Kier molecular flexibility index (Phi) is 4.47. The summed E-state index contributed by atoms with van der Waals surface area (Å²) in [5.74, 6) is 0.388. The lowest BCUT2D eigenvalue weighted by atomic mass is 10.1. The van der Waals surface area contributed by atoms with Gasteiger partial charge in [-0.1, -0.05) is 15.9 Å². The first-order valence-corrected chi connectivity index (χ1v) is 7.22. The number of phenolic OH excluding ortho intramolecular Hbond substituents is 1. The van der Waals surface area contributed by atoms with Gasteiger partial charge in [-0.05, 0) is 31.0 Å². The van der Waals surface area contributed by atoms with Crippen molar-refractivity contribution in [1.82, 2.24) is 10.2 Å². The lowest BCUT2D eigenvalue weighted by molar-refractivity contribution is -0.119. The monoisotopic (exact) mass is 326 g/mol. The van der Waals surface area contributed by atoms with Gasteiger partial charge in [-0.3, -0.25) is 9.69 Å². The van der Waals surface area contributed by atoms with Gasteiger partial charge in [0.15, 0.2) is 0 Å². The summed E-state index contributed by atoms with van der Waals surface area (Å²) in [5.41, 5.74) is 1.80. The van der Waals surface area contributed by atoms with Crippen molar-refractivity contribution in [3.63, 3.8) is 0 Å². The molecule has 0 saturated carbocycles. The van der Waals surface area contributed by atoms with E-state index >= 15 is 0 Å². The molecule has 1 aliphatic rings. The van der Waals surface area contributed by atoms with Crippen molar-refractivity contribution >= 4 is 21.8 Å². The van der Waals surface area contributed by atoms with Gasteiger partial charge in [0.25, 0.3) is 0 Å². The fourth-order valence-corrected chi connectivity index (χ4v) is 3.17. The molecule has 1 unspecified atom stereocenters. The van der Waals surface area contributed by atoms with Gasteiger partial charge >= 0.3 is 0 Å². The third kappa shape index (κ3) is 3.70. The molecule has 1 heterocycles. The number of hydrogen-bond donors (Lipinski definition) is 2. The first-order valence-electron chi connectivity index (χ1n) is 6.43. The van der Waals surface area contributed by atoms with E-state index in [0.29, 0.717) is 12.3 Å². The van der Waals surface area contributed by atoms with Crippen LogP contribution >= 0.6 is 15.9 Å². The molecule has 1 saturated heterocycles. The van der Waals surface area contributed by atoms with Crippen LogP contribution in [0.25, 0.3) is 0 Å². The van der Waals surface area contributed by atoms with Gasteiger partial charge in [0.1, 0.15) is 5.75 Å². The van der Waals surface area contributed by atoms with Crippen molar-refractivity contribution < 1.29 is 9.90 Å². The Balaban J connectivity index is 2.01. The van der Waals surface area contributed by atoms with Crippen LogP contribution in [0.4, 0.5) is 0 Å². The predicted molar refractivity (Wildman–Crippen MR) is 78.0 cm³/mol. The van der Waals surface area contributed by atoms with Gasteiger partial charge in [-0.25, -0.2) is 0 Å². The van der Waals surface area contributed by atoms with Crippen LogP contribution in [-0.2, 0) is 11.3 Å². The molecular weight excluding hydrogens is 308 g/mol. The maximum Gasteiger partial charge on any atom is 0.217 e. The van der Waals surface area contributed by atoms with E-state index in [2.05, 4.69) is 26.1 Å². The van der Waals surface area contributed by atoms with Crippen LogP contribution in [-0.4, -0.2) is 35.0 Å². The van der Waals surface area contributed by atoms with Gasteiger partial charge in [-0.15, -0.1) is 0 Å². The molecular formula is C14H19BrN2O2. The van der Waals surface area contributed by atoms with Crippen molar-refractivity contribution in [3.05, 3.63) is 27.7 Å². The molecule has 2 rings (SSSR count). The third-order valence-corrected chi connectivity index (χ3v) is 3.88. The summed E-state index contributed by atoms with van der Waals surface area (Å²) in [6, 6.07) is 4.09. The predicted octanol–water partition coefficient (Wildman–Crippen LogP) is 2.17. The molecule has 1 aromatic rings. The molecule has 1 amide bonds. The Morgan fingerprint density at radius 2 is 2.32 bits per heavy atom. The quantitative estimate of drug-likeness (QED) is 0.895. The maximum atomic E-state index is 11.0. The van der Waals surface area contributed by atoms with Crippen LogP contribution < -0.4 is 5.32 Å². The molecule has 1 aromatic carbocycles. The Morgan fingerprint density at radius 1 is 1.58 bits per heavy atom. The lowest BCUT2D eigenvalue weighted by Crippen LogP contribution is -2.35. The summed E-state index contributed by atoms with van der Waals surface area (Å²) in [6.07, 6.45) is 0.966. The van der Waals surface area contributed by atoms with Crippen molar-refractivity contribution in [2.45, 2.75) is 32.9 Å². The Labute approximate surface area is 121 Å². The molecule has 0 bridgehead atoms. The Hall–Kier alpha value is -1.07. The second kappa shape index (κ2) is 5.92. The van der Waals surface area contributed by atoms with E-state index in [-0.39, 0.29) is 11.9 Å². The van der Waals surface area contributed by atoms with Crippen molar-refractivity contribution in [2.75, 3.05) is 13.1 Å². The van der Waals surface area contributed by atoms with E-state index in [9.17, 15) is 9.90 Å². The summed E-state index contributed by atoms with van der Waals surface area (Å²) in [6.45, 7) is 5.93. The van der Waals surface area contributed by atoms with Crippen molar-refractivity contribution in [3.8, 4) is 5.75 Å². The van der Waals surface area contributed by atoms with E-state index in [0.717, 1.165) is 35.1 Å².